The summed E-state index contributed by atoms with van der Waals surface area (Å²) in [7, 11) is 0. The van der Waals surface area contributed by atoms with Gasteiger partial charge in [0.15, 0.2) is 0 Å². The van der Waals surface area contributed by atoms with E-state index < -0.39 is 29.6 Å². The zero-order valence-corrected chi connectivity index (χ0v) is 16.1. The van der Waals surface area contributed by atoms with E-state index in [1.54, 1.807) is 11.1 Å². The van der Waals surface area contributed by atoms with E-state index in [-0.39, 0.29) is 0 Å². The Bertz CT molecular complexity index is 1210. The molecule has 0 saturated heterocycles. The molecule has 0 spiro atoms. The highest BCUT2D eigenvalue weighted by molar-refractivity contribution is 6.08. The van der Waals surface area contributed by atoms with Crippen LogP contribution in [0.4, 0.5) is 0 Å². The first-order valence-electron chi connectivity index (χ1n) is 9.76. The molecule has 0 aromatic heterocycles. The molecule has 3 aromatic rings. The number of aliphatic carboxylic acids is 2. The molecule has 0 fully saturated rings. The molecular weight excluding hydrogens is 384 g/mol. The van der Waals surface area contributed by atoms with Crippen molar-refractivity contribution in [1.29, 1.82) is 0 Å². The van der Waals surface area contributed by atoms with Crippen LogP contribution in [0.1, 0.15) is 24.0 Å². The van der Waals surface area contributed by atoms with E-state index in [1.807, 2.05) is 0 Å². The van der Waals surface area contributed by atoms with Crippen molar-refractivity contribution in [2.75, 3.05) is 0 Å². The number of benzene rings is 3. The molecule has 1 heterocycles. The molecule has 2 N–H and O–H groups in total. The van der Waals surface area contributed by atoms with E-state index in [0.717, 1.165) is 0 Å². The Labute approximate surface area is 172 Å². The summed E-state index contributed by atoms with van der Waals surface area (Å²) < 4.78 is 4.18. The van der Waals surface area contributed by atoms with Crippen molar-refractivity contribution in [1.82, 2.24) is 0 Å². The summed E-state index contributed by atoms with van der Waals surface area (Å²) >= 11 is 0. The summed E-state index contributed by atoms with van der Waals surface area (Å²) in [6.45, 7) is 0. The second-order valence-electron chi connectivity index (χ2n) is 7.35. The van der Waals surface area contributed by atoms with E-state index in [2.05, 4.69) is 53.3 Å². The number of aryl methyl sites for hydroxylation is 2. The maximum atomic E-state index is 10.4. The van der Waals surface area contributed by atoms with Crippen molar-refractivity contribution < 1.29 is 29.3 Å². The largest absolute Gasteiger partial charge is 0.478 e. The number of hydrogen-bond donors (Lipinski definition) is 2. The molecule has 0 radical (unpaired) electrons. The number of carboxylic acids is 2. The maximum absolute atomic E-state index is 10.4. The number of carbonyl (C=O) groups excluding carboxylic acids is 1. The third kappa shape index (κ3) is 3.64. The number of fused-ring (bicyclic) bond motifs is 5. The van der Waals surface area contributed by atoms with Gasteiger partial charge in [-0.1, -0.05) is 48.5 Å². The number of cyclic esters (lactones) is 1. The maximum Gasteiger partial charge on any atom is 0.350 e. The van der Waals surface area contributed by atoms with Crippen LogP contribution in [-0.4, -0.2) is 34.2 Å². The van der Waals surface area contributed by atoms with Gasteiger partial charge in [-0.05, 0) is 58.4 Å². The van der Waals surface area contributed by atoms with Crippen molar-refractivity contribution in [3.8, 4) is 0 Å². The third-order valence-corrected chi connectivity index (χ3v) is 5.52. The van der Waals surface area contributed by atoms with Gasteiger partial charge in [-0.2, -0.15) is 0 Å². The molecular formula is C24H20O6. The second-order valence-corrected chi connectivity index (χ2v) is 7.35. The first kappa shape index (κ1) is 19.6. The molecule has 6 heteroatoms. The summed E-state index contributed by atoms with van der Waals surface area (Å²) in [5, 5.41) is 22.4. The Balaban J connectivity index is 0.000000159. The van der Waals surface area contributed by atoms with E-state index >= 15 is 0 Å². The summed E-state index contributed by atoms with van der Waals surface area (Å²) in [5.74, 6) is -3.90. The van der Waals surface area contributed by atoms with Gasteiger partial charge < -0.3 is 14.9 Å². The van der Waals surface area contributed by atoms with Gasteiger partial charge in [0, 0.05) is 6.08 Å². The van der Waals surface area contributed by atoms with Crippen LogP contribution in [0, 0.1) is 0 Å². The van der Waals surface area contributed by atoms with Crippen LogP contribution in [0.15, 0.2) is 60.2 Å². The molecule has 3 aromatic carbocycles. The zero-order valence-electron chi connectivity index (χ0n) is 16.1. The number of ether oxygens (including phenoxy) is 1. The average Bonchev–Trinajstić information content (AvgIpc) is 3.16. The molecule has 0 amide bonds. The lowest BCUT2D eigenvalue weighted by Gasteiger charge is -2.18. The fraction of sp³-hybridized carbons (Fsp3) is 0.208. The first-order chi connectivity index (χ1) is 14.5. The third-order valence-electron chi connectivity index (χ3n) is 5.52. The van der Waals surface area contributed by atoms with Gasteiger partial charge in [0.25, 0.3) is 0 Å². The van der Waals surface area contributed by atoms with Gasteiger partial charge in [-0.25, -0.2) is 14.4 Å². The van der Waals surface area contributed by atoms with Crippen molar-refractivity contribution in [2.45, 2.75) is 31.8 Å². The topological polar surface area (TPSA) is 101 Å². The van der Waals surface area contributed by atoms with Gasteiger partial charge in [0.1, 0.15) is 0 Å². The molecule has 1 atom stereocenters. The predicted molar refractivity (Wildman–Crippen MR) is 111 cm³/mol. The number of rotatable bonds is 2. The van der Waals surface area contributed by atoms with Crippen LogP contribution in [0.25, 0.3) is 21.5 Å². The van der Waals surface area contributed by atoms with Gasteiger partial charge in [-0.15, -0.1) is 0 Å². The quantitative estimate of drug-likeness (QED) is 0.497. The van der Waals surface area contributed by atoms with Crippen LogP contribution in [-0.2, 0) is 32.0 Å². The van der Waals surface area contributed by atoms with Crippen LogP contribution in [0.2, 0.25) is 0 Å². The molecule has 1 aliphatic heterocycles. The number of carbonyl (C=O) groups is 3. The van der Waals surface area contributed by atoms with Gasteiger partial charge in [-0.3, -0.25) is 0 Å². The van der Waals surface area contributed by atoms with Crippen molar-refractivity contribution in [2.24, 2.45) is 0 Å². The molecule has 2 aliphatic rings. The first-order valence-corrected chi connectivity index (χ1v) is 9.76. The van der Waals surface area contributed by atoms with Crippen LogP contribution < -0.4 is 0 Å². The molecule has 6 nitrogen and oxygen atoms in total. The fourth-order valence-electron chi connectivity index (χ4n) is 4.12. The Kier molecular flexibility index (Phi) is 5.23. The van der Waals surface area contributed by atoms with E-state index in [9.17, 15) is 14.4 Å². The summed E-state index contributed by atoms with van der Waals surface area (Å²) in [4.78, 5) is 31.0. The second kappa shape index (κ2) is 7.99. The Hall–Kier alpha value is -3.67. The van der Waals surface area contributed by atoms with Crippen molar-refractivity contribution in [3.05, 3.63) is 71.3 Å². The summed E-state index contributed by atoms with van der Waals surface area (Å²) in [6.07, 6.45) is 4.20. The zero-order chi connectivity index (χ0) is 21.3. The number of esters is 1. The summed E-state index contributed by atoms with van der Waals surface area (Å²) in [6, 6.07) is 18.0. The molecule has 152 valence electrons. The van der Waals surface area contributed by atoms with Crippen molar-refractivity contribution in [3.63, 3.8) is 0 Å². The monoisotopic (exact) mass is 404 g/mol. The van der Waals surface area contributed by atoms with Crippen LogP contribution >= 0.6 is 0 Å². The highest BCUT2D eigenvalue weighted by Gasteiger charge is 2.36. The van der Waals surface area contributed by atoms with E-state index in [0.29, 0.717) is 6.08 Å². The van der Waals surface area contributed by atoms with Gasteiger partial charge >= 0.3 is 17.9 Å². The normalized spacial score (nSPS) is 17.5. The smallest absolute Gasteiger partial charge is 0.350 e. The molecule has 1 aliphatic carbocycles. The molecule has 0 bridgehead atoms. The van der Waals surface area contributed by atoms with E-state index in [1.165, 1.54) is 47.2 Å². The summed E-state index contributed by atoms with van der Waals surface area (Å²) in [5.41, 5.74) is 2.63. The molecule has 5 rings (SSSR count). The lowest BCUT2D eigenvalue weighted by molar-refractivity contribution is -0.156. The molecule has 1 unspecified atom stereocenters. The van der Waals surface area contributed by atoms with Crippen molar-refractivity contribution >= 4 is 39.5 Å². The average molecular weight is 404 g/mol. The highest BCUT2D eigenvalue weighted by atomic mass is 16.6. The Morgan fingerprint density at radius 3 is 2.33 bits per heavy atom. The number of hydrogen-bond acceptors (Lipinski definition) is 4. The lowest BCUT2D eigenvalue weighted by atomic mass is 9.86. The molecule has 0 saturated carbocycles. The highest BCUT2D eigenvalue weighted by Crippen LogP contribution is 2.33. The fourth-order valence-corrected chi connectivity index (χ4v) is 4.12. The Morgan fingerprint density at radius 1 is 0.867 bits per heavy atom. The van der Waals surface area contributed by atoms with Gasteiger partial charge in [0.2, 0.25) is 6.10 Å². The SMILES string of the molecule is O=C1C=C(C(=O)O)C(C(=O)O)O1.c1ccc2c(c1)ccc1c3c(ccc12)CCCC3. The van der Waals surface area contributed by atoms with Crippen LogP contribution in [0.5, 0.6) is 0 Å². The lowest BCUT2D eigenvalue weighted by Crippen LogP contribution is -2.26. The number of carboxylic acid groups (broad SMARTS) is 2. The standard InChI is InChI=1S/C18H16.C6H4O6/c1-3-7-15-13(5-1)9-11-18-16-8-4-2-6-14(16)10-12-17(15)18;7-3-1-2(5(8)9)4(12-3)6(10)11/h1,3,5,7,9-12H,2,4,6,8H2;1,4H,(H,8,9)(H,10,11). The van der Waals surface area contributed by atoms with Crippen LogP contribution in [0.3, 0.4) is 0 Å². The molecule has 30 heavy (non-hydrogen) atoms. The predicted octanol–water partition coefficient (Wildman–Crippen LogP) is 3.88. The Morgan fingerprint density at radius 2 is 1.60 bits per heavy atom. The van der Waals surface area contributed by atoms with E-state index in [4.69, 9.17) is 10.2 Å². The minimum absolute atomic E-state index is 0.549. The minimum Gasteiger partial charge on any atom is -0.478 e. The minimum atomic E-state index is -1.67. The van der Waals surface area contributed by atoms with Gasteiger partial charge in [0.05, 0.1) is 5.57 Å².